The Balaban J connectivity index is 1.97. The minimum Gasteiger partial charge on any atom is -0.355 e. The van der Waals surface area contributed by atoms with Crippen LogP contribution in [0.2, 0.25) is 0 Å². The number of thioether (sulfide) groups is 1. The zero-order valence-electron chi connectivity index (χ0n) is 8.84. The molecular weight excluding hydrogens is 196 g/mol. The third kappa shape index (κ3) is 4.33. The standard InChI is InChI=1S/C10H20N2OS/c1-14-8-3-2-6-12-10(13)9-5-4-7-11-9/h9,11H,2-8H2,1H3,(H,12,13). The molecular formula is C10H20N2OS. The molecule has 1 atom stereocenters. The highest BCUT2D eigenvalue weighted by Crippen LogP contribution is 2.04. The van der Waals surface area contributed by atoms with Gasteiger partial charge in [0, 0.05) is 6.54 Å². The van der Waals surface area contributed by atoms with Crippen LogP contribution in [0.3, 0.4) is 0 Å². The molecule has 14 heavy (non-hydrogen) atoms. The lowest BCUT2D eigenvalue weighted by Gasteiger charge is -2.10. The molecule has 1 fully saturated rings. The van der Waals surface area contributed by atoms with E-state index in [-0.39, 0.29) is 11.9 Å². The molecule has 0 saturated carbocycles. The van der Waals surface area contributed by atoms with Crippen molar-refractivity contribution >= 4 is 17.7 Å². The number of carbonyl (C=O) groups is 1. The zero-order chi connectivity index (χ0) is 10.2. The monoisotopic (exact) mass is 216 g/mol. The van der Waals surface area contributed by atoms with Gasteiger partial charge in [0.05, 0.1) is 6.04 Å². The highest BCUT2D eigenvalue weighted by atomic mass is 32.2. The molecule has 1 amide bonds. The van der Waals surface area contributed by atoms with Crippen LogP contribution in [0.5, 0.6) is 0 Å². The number of hydrogen-bond acceptors (Lipinski definition) is 3. The van der Waals surface area contributed by atoms with Gasteiger partial charge in [-0.2, -0.15) is 11.8 Å². The lowest BCUT2D eigenvalue weighted by atomic mass is 10.2. The SMILES string of the molecule is CSCCCCNC(=O)C1CCCN1. The smallest absolute Gasteiger partial charge is 0.237 e. The zero-order valence-corrected chi connectivity index (χ0v) is 9.66. The van der Waals surface area contributed by atoms with Crippen LogP contribution in [0.25, 0.3) is 0 Å². The van der Waals surface area contributed by atoms with E-state index < -0.39 is 0 Å². The highest BCUT2D eigenvalue weighted by molar-refractivity contribution is 7.98. The van der Waals surface area contributed by atoms with E-state index in [0.717, 1.165) is 32.4 Å². The molecule has 1 aliphatic rings. The van der Waals surface area contributed by atoms with E-state index in [1.807, 2.05) is 11.8 Å². The van der Waals surface area contributed by atoms with Gasteiger partial charge in [0.25, 0.3) is 0 Å². The van der Waals surface area contributed by atoms with E-state index in [9.17, 15) is 4.79 Å². The number of rotatable bonds is 6. The van der Waals surface area contributed by atoms with Crippen LogP contribution in [0.4, 0.5) is 0 Å². The first kappa shape index (κ1) is 11.9. The molecule has 0 aliphatic carbocycles. The number of amides is 1. The van der Waals surface area contributed by atoms with Crippen molar-refractivity contribution in [2.75, 3.05) is 25.1 Å². The topological polar surface area (TPSA) is 41.1 Å². The summed E-state index contributed by atoms with van der Waals surface area (Å²) in [5.41, 5.74) is 0. The van der Waals surface area contributed by atoms with E-state index in [1.165, 1.54) is 12.2 Å². The fourth-order valence-electron chi connectivity index (χ4n) is 1.61. The molecule has 4 heteroatoms. The number of hydrogen-bond donors (Lipinski definition) is 2. The quantitative estimate of drug-likeness (QED) is 0.651. The predicted octanol–water partition coefficient (Wildman–Crippen LogP) is 0.998. The van der Waals surface area contributed by atoms with E-state index >= 15 is 0 Å². The molecule has 1 heterocycles. The number of carbonyl (C=O) groups excluding carboxylic acids is 1. The molecule has 0 aromatic carbocycles. The van der Waals surface area contributed by atoms with Crippen molar-refractivity contribution in [3.8, 4) is 0 Å². The second kappa shape index (κ2) is 7.12. The van der Waals surface area contributed by atoms with E-state index in [0.29, 0.717) is 0 Å². The minimum absolute atomic E-state index is 0.0792. The molecule has 0 radical (unpaired) electrons. The third-order valence-corrected chi connectivity index (χ3v) is 3.15. The van der Waals surface area contributed by atoms with Gasteiger partial charge >= 0.3 is 0 Å². The molecule has 1 aliphatic heterocycles. The summed E-state index contributed by atoms with van der Waals surface area (Å²) in [5, 5.41) is 6.17. The van der Waals surface area contributed by atoms with Crippen molar-refractivity contribution in [3.05, 3.63) is 0 Å². The molecule has 0 aromatic heterocycles. The Bertz CT molecular complexity index is 170. The van der Waals surface area contributed by atoms with Crippen LogP contribution in [0.1, 0.15) is 25.7 Å². The number of unbranched alkanes of at least 4 members (excludes halogenated alkanes) is 1. The summed E-state index contributed by atoms with van der Waals surface area (Å²) in [6.07, 6.45) is 6.53. The lowest BCUT2D eigenvalue weighted by Crippen LogP contribution is -2.40. The van der Waals surface area contributed by atoms with Crippen molar-refractivity contribution in [3.63, 3.8) is 0 Å². The van der Waals surface area contributed by atoms with Crippen LogP contribution in [-0.2, 0) is 4.79 Å². The summed E-state index contributed by atoms with van der Waals surface area (Å²) >= 11 is 1.86. The molecule has 1 saturated heterocycles. The summed E-state index contributed by atoms with van der Waals surface area (Å²) in [7, 11) is 0. The minimum atomic E-state index is 0.0792. The van der Waals surface area contributed by atoms with Gasteiger partial charge in [0.15, 0.2) is 0 Å². The van der Waals surface area contributed by atoms with Gasteiger partial charge in [-0.3, -0.25) is 4.79 Å². The molecule has 82 valence electrons. The molecule has 1 rings (SSSR count). The summed E-state index contributed by atoms with van der Waals surface area (Å²) in [4.78, 5) is 11.5. The average molecular weight is 216 g/mol. The second-order valence-corrected chi connectivity index (χ2v) is 4.63. The molecule has 2 N–H and O–H groups in total. The molecule has 0 aromatic rings. The fraction of sp³-hybridized carbons (Fsp3) is 0.900. The second-order valence-electron chi connectivity index (χ2n) is 3.64. The van der Waals surface area contributed by atoms with Crippen LogP contribution in [0.15, 0.2) is 0 Å². The van der Waals surface area contributed by atoms with Gasteiger partial charge in [-0.25, -0.2) is 0 Å². The van der Waals surface area contributed by atoms with Crippen LogP contribution < -0.4 is 10.6 Å². The Labute approximate surface area is 90.4 Å². The van der Waals surface area contributed by atoms with Gasteiger partial charge in [0.2, 0.25) is 5.91 Å². The molecule has 0 spiro atoms. The highest BCUT2D eigenvalue weighted by Gasteiger charge is 2.20. The Kier molecular flexibility index (Phi) is 6.03. The summed E-state index contributed by atoms with van der Waals surface area (Å²) in [6, 6.07) is 0.0792. The Hall–Kier alpha value is -0.220. The first-order valence-corrected chi connectivity index (χ1v) is 6.74. The largest absolute Gasteiger partial charge is 0.355 e. The van der Waals surface area contributed by atoms with Gasteiger partial charge in [-0.15, -0.1) is 0 Å². The summed E-state index contributed by atoms with van der Waals surface area (Å²) in [6.45, 7) is 1.82. The summed E-state index contributed by atoms with van der Waals surface area (Å²) in [5.74, 6) is 1.38. The van der Waals surface area contributed by atoms with Crippen molar-refractivity contribution < 1.29 is 4.79 Å². The predicted molar refractivity (Wildman–Crippen MR) is 61.7 cm³/mol. The van der Waals surface area contributed by atoms with Crippen molar-refractivity contribution in [1.29, 1.82) is 0 Å². The van der Waals surface area contributed by atoms with E-state index in [2.05, 4.69) is 16.9 Å². The van der Waals surface area contributed by atoms with Gasteiger partial charge < -0.3 is 10.6 Å². The Morgan fingerprint density at radius 1 is 1.57 bits per heavy atom. The van der Waals surface area contributed by atoms with Gasteiger partial charge in [-0.1, -0.05) is 0 Å². The fourth-order valence-corrected chi connectivity index (χ4v) is 2.11. The maximum absolute atomic E-state index is 11.5. The van der Waals surface area contributed by atoms with Crippen LogP contribution in [-0.4, -0.2) is 37.0 Å². The molecule has 1 unspecified atom stereocenters. The molecule has 3 nitrogen and oxygen atoms in total. The van der Waals surface area contributed by atoms with E-state index in [1.54, 1.807) is 0 Å². The lowest BCUT2D eigenvalue weighted by molar-refractivity contribution is -0.122. The maximum Gasteiger partial charge on any atom is 0.237 e. The first-order valence-electron chi connectivity index (χ1n) is 5.34. The third-order valence-electron chi connectivity index (χ3n) is 2.45. The normalized spacial score (nSPS) is 21.1. The Morgan fingerprint density at radius 2 is 2.43 bits per heavy atom. The maximum atomic E-state index is 11.5. The van der Waals surface area contributed by atoms with Crippen LogP contribution in [0, 0.1) is 0 Å². The summed E-state index contributed by atoms with van der Waals surface area (Å²) < 4.78 is 0. The molecule has 0 bridgehead atoms. The van der Waals surface area contributed by atoms with E-state index in [4.69, 9.17) is 0 Å². The van der Waals surface area contributed by atoms with Crippen molar-refractivity contribution in [2.24, 2.45) is 0 Å². The van der Waals surface area contributed by atoms with Crippen molar-refractivity contribution in [2.45, 2.75) is 31.7 Å². The van der Waals surface area contributed by atoms with Crippen LogP contribution >= 0.6 is 11.8 Å². The Morgan fingerprint density at radius 3 is 3.07 bits per heavy atom. The van der Waals surface area contributed by atoms with Gasteiger partial charge in [-0.05, 0) is 44.2 Å². The first-order chi connectivity index (χ1) is 6.84. The number of nitrogens with one attached hydrogen (secondary N) is 2. The average Bonchev–Trinajstić information content (AvgIpc) is 2.70. The van der Waals surface area contributed by atoms with Gasteiger partial charge in [0.1, 0.15) is 0 Å². The van der Waals surface area contributed by atoms with Crippen molar-refractivity contribution in [1.82, 2.24) is 10.6 Å².